The summed E-state index contributed by atoms with van der Waals surface area (Å²) in [5.74, 6) is -1.51. The molecule has 0 unspecified atom stereocenters. The Morgan fingerprint density at radius 1 is 1.46 bits per heavy atom. The van der Waals surface area contributed by atoms with Crippen LogP contribution >= 0.6 is 0 Å². The van der Waals surface area contributed by atoms with Gasteiger partial charge in [-0.1, -0.05) is 0 Å². The number of nitrogens with two attached hydrogens (primary N) is 1. The van der Waals surface area contributed by atoms with Gasteiger partial charge in [-0.2, -0.15) is 0 Å². The van der Waals surface area contributed by atoms with Gasteiger partial charge in [0, 0.05) is 6.42 Å². The standard InChI is InChI=1S/C8H15NO4/c1-5(2)13-8(12)6(9)3-4-7(10)11/h5-6H,3-4,9H2,1-2H3,(H,10,11)/t6-/m1/s1. The van der Waals surface area contributed by atoms with E-state index in [2.05, 4.69) is 0 Å². The normalized spacial score (nSPS) is 12.6. The third-order valence-corrected chi connectivity index (χ3v) is 1.32. The zero-order valence-corrected chi connectivity index (χ0v) is 7.82. The number of ether oxygens (including phenoxy) is 1. The highest BCUT2D eigenvalue weighted by Gasteiger charge is 2.17. The summed E-state index contributed by atoms with van der Waals surface area (Å²) in [6.07, 6.45) is -0.224. The number of carbonyl (C=O) groups excluding carboxylic acids is 1. The molecular formula is C8H15NO4. The molecular weight excluding hydrogens is 174 g/mol. The largest absolute Gasteiger partial charge is 0.481 e. The Bertz CT molecular complexity index is 191. The highest BCUT2D eigenvalue weighted by Crippen LogP contribution is 1.99. The molecule has 0 spiro atoms. The lowest BCUT2D eigenvalue weighted by Gasteiger charge is -2.12. The number of carboxylic acids is 1. The average Bonchev–Trinajstić information content (AvgIpc) is 1.98. The monoisotopic (exact) mass is 189 g/mol. The molecule has 0 radical (unpaired) electrons. The van der Waals surface area contributed by atoms with Gasteiger partial charge in [0.1, 0.15) is 6.04 Å². The molecule has 1 atom stereocenters. The predicted molar refractivity (Wildman–Crippen MR) is 46.1 cm³/mol. The first kappa shape index (κ1) is 11.9. The van der Waals surface area contributed by atoms with E-state index in [0.717, 1.165) is 0 Å². The number of carboxylic acid groups (broad SMARTS) is 1. The smallest absolute Gasteiger partial charge is 0.323 e. The van der Waals surface area contributed by atoms with Crippen LogP contribution in [0.3, 0.4) is 0 Å². The van der Waals surface area contributed by atoms with Crippen LogP contribution < -0.4 is 5.73 Å². The molecule has 0 aromatic heterocycles. The minimum Gasteiger partial charge on any atom is -0.481 e. The van der Waals surface area contributed by atoms with Crippen molar-refractivity contribution in [2.75, 3.05) is 0 Å². The Hall–Kier alpha value is -1.10. The SMILES string of the molecule is CC(C)OC(=O)[C@H](N)CCC(=O)O. The van der Waals surface area contributed by atoms with Crippen LogP contribution in [0.5, 0.6) is 0 Å². The molecule has 0 amide bonds. The van der Waals surface area contributed by atoms with Crippen LogP contribution in [0.15, 0.2) is 0 Å². The molecule has 0 bridgehead atoms. The maximum Gasteiger partial charge on any atom is 0.323 e. The van der Waals surface area contributed by atoms with Crippen molar-refractivity contribution in [2.45, 2.75) is 38.8 Å². The molecule has 0 aromatic rings. The lowest BCUT2D eigenvalue weighted by molar-refractivity contribution is -0.149. The Labute approximate surface area is 76.9 Å². The molecule has 0 rings (SSSR count). The van der Waals surface area contributed by atoms with Gasteiger partial charge in [-0.15, -0.1) is 0 Å². The molecule has 0 saturated heterocycles. The number of aliphatic carboxylic acids is 1. The fourth-order valence-electron chi connectivity index (χ4n) is 0.717. The van der Waals surface area contributed by atoms with Crippen molar-refractivity contribution < 1.29 is 19.4 Å². The second-order valence-corrected chi connectivity index (χ2v) is 3.02. The first-order valence-electron chi connectivity index (χ1n) is 4.11. The number of hydrogen-bond donors (Lipinski definition) is 2. The molecule has 0 heterocycles. The third-order valence-electron chi connectivity index (χ3n) is 1.32. The Kier molecular flexibility index (Phi) is 5.06. The summed E-state index contributed by atoms with van der Waals surface area (Å²) in [5, 5.41) is 8.32. The molecule has 0 saturated carbocycles. The summed E-state index contributed by atoms with van der Waals surface area (Å²) in [7, 11) is 0. The Morgan fingerprint density at radius 3 is 2.38 bits per heavy atom. The fraction of sp³-hybridized carbons (Fsp3) is 0.750. The highest BCUT2D eigenvalue weighted by atomic mass is 16.5. The van der Waals surface area contributed by atoms with Gasteiger partial charge in [0.2, 0.25) is 0 Å². The van der Waals surface area contributed by atoms with E-state index in [-0.39, 0.29) is 18.9 Å². The van der Waals surface area contributed by atoms with E-state index in [0.29, 0.717) is 0 Å². The number of hydrogen-bond acceptors (Lipinski definition) is 4. The van der Waals surface area contributed by atoms with Crippen molar-refractivity contribution in [2.24, 2.45) is 5.73 Å². The van der Waals surface area contributed by atoms with Crippen molar-refractivity contribution in [1.29, 1.82) is 0 Å². The second kappa shape index (κ2) is 5.53. The van der Waals surface area contributed by atoms with Crippen LogP contribution in [-0.2, 0) is 14.3 Å². The number of carbonyl (C=O) groups is 2. The van der Waals surface area contributed by atoms with Gasteiger partial charge in [-0.3, -0.25) is 9.59 Å². The van der Waals surface area contributed by atoms with Gasteiger partial charge in [0.15, 0.2) is 0 Å². The molecule has 13 heavy (non-hydrogen) atoms. The summed E-state index contributed by atoms with van der Waals surface area (Å²) in [6, 6.07) is -0.835. The average molecular weight is 189 g/mol. The summed E-state index contributed by atoms with van der Waals surface area (Å²) in [4.78, 5) is 21.2. The maximum atomic E-state index is 11.0. The lowest BCUT2D eigenvalue weighted by Crippen LogP contribution is -2.34. The van der Waals surface area contributed by atoms with Gasteiger partial charge in [0.25, 0.3) is 0 Å². The van der Waals surface area contributed by atoms with E-state index in [1.165, 1.54) is 0 Å². The summed E-state index contributed by atoms with van der Waals surface area (Å²) in [5.41, 5.74) is 5.38. The molecule has 0 fully saturated rings. The molecule has 5 heteroatoms. The van der Waals surface area contributed by atoms with E-state index in [9.17, 15) is 9.59 Å². The second-order valence-electron chi connectivity index (χ2n) is 3.02. The van der Waals surface area contributed by atoms with E-state index in [1.807, 2.05) is 0 Å². The zero-order chi connectivity index (χ0) is 10.4. The number of rotatable bonds is 5. The quantitative estimate of drug-likeness (QED) is 0.600. The molecule has 5 nitrogen and oxygen atoms in total. The van der Waals surface area contributed by atoms with Crippen LogP contribution in [0, 0.1) is 0 Å². The van der Waals surface area contributed by atoms with E-state index >= 15 is 0 Å². The highest BCUT2D eigenvalue weighted by molar-refractivity contribution is 5.76. The van der Waals surface area contributed by atoms with E-state index in [1.54, 1.807) is 13.8 Å². The molecule has 76 valence electrons. The Morgan fingerprint density at radius 2 is 2.00 bits per heavy atom. The fourth-order valence-corrected chi connectivity index (χ4v) is 0.717. The molecule has 3 N–H and O–H groups in total. The van der Waals surface area contributed by atoms with Crippen molar-refractivity contribution >= 4 is 11.9 Å². The van der Waals surface area contributed by atoms with Gasteiger partial charge < -0.3 is 15.6 Å². The summed E-state index contributed by atoms with van der Waals surface area (Å²) < 4.78 is 4.79. The van der Waals surface area contributed by atoms with Crippen LogP contribution in [0.4, 0.5) is 0 Å². The minimum absolute atomic E-state index is 0.112. The van der Waals surface area contributed by atoms with Crippen LogP contribution in [0.2, 0.25) is 0 Å². The zero-order valence-electron chi connectivity index (χ0n) is 7.82. The topological polar surface area (TPSA) is 89.6 Å². The molecule has 0 aliphatic carbocycles. The maximum absolute atomic E-state index is 11.0. The minimum atomic E-state index is -0.965. The molecule has 0 aliphatic heterocycles. The predicted octanol–water partition coefficient (Wildman–Crippen LogP) is 0.130. The first-order valence-corrected chi connectivity index (χ1v) is 4.11. The van der Waals surface area contributed by atoms with Gasteiger partial charge in [0.05, 0.1) is 6.10 Å². The van der Waals surface area contributed by atoms with Crippen molar-refractivity contribution in [3.63, 3.8) is 0 Å². The van der Waals surface area contributed by atoms with Crippen LogP contribution in [0.1, 0.15) is 26.7 Å². The number of esters is 1. The van der Waals surface area contributed by atoms with E-state index in [4.69, 9.17) is 15.6 Å². The van der Waals surface area contributed by atoms with Crippen molar-refractivity contribution in [3.05, 3.63) is 0 Å². The lowest BCUT2D eigenvalue weighted by atomic mass is 10.2. The Balaban J connectivity index is 3.76. The van der Waals surface area contributed by atoms with Gasteiger partial charge in [-0.05, 0) is 20.3 Å². The molecule has 0 aromatic carbocycles. The third kappa shape index (κ3) is 6.10. The van der Waals surface area contributed by atoms with Crippen LogP contribution in [-0.4, -0.2) is 29.2 Å². The molecule has 0 aliphatic rings. The summed E-state index contributed by atoms with van der Waals surface area (Å²) >= 11 is 0. The van der Waals surface area contributed by atoms with Crippen molar-refractivity contribution in [3.8, 4) is 0 Å². The van der Waals surface area contributed by atoms with Gasteiger partial charge in [-0.25, -0.2) is 0 Å². The van der Waals surface area contributed by atoms with Crippen molar-refractivity contribution in [1.82, 2.24) is 0 Å². The van der Waals surface area contributed by atoms with Crippen LogP contribution in [0.25, 0.3) is 0 Å². The summed E-state index contributed by atoms with van der Waals surface area (Å²) in [6.45, 7) is 3.42. The first-order chi connectivity index (χ1) is 5.93. The van der Waals surface area contributed by atoms with E-state index < -0.39 is 18.0 Å². The van der Waals surface area contributed by atoms with Gasteiger partial charge >= 0.3 is 11.9 Å².